The van der Waals surface area contributed by atoms with Gasteiger partial charge in [0.1, 0.15) is 6.54 Å². The van der Waals surface area contributed by atoms with E-state index >= 15 is 0 Å². The topological polar surface area (TPSA) is 46.9 Å². The number of piperazine rings is 1. The molecule has 0 radical (unpaired) electrons. The maximum absolute atomic E-state index is 13.7. The predicted molar refractivity (Wildman–Crippen MR) is 97.2 cm³/mol. The number of benzene rings is 1. The van der Waals surface area contributed by atoms with E-state index in [0.717, 1.165) is 32.7 Å². The molecule has 2 heterocycles. The largest absolute Gasteiger partial charge is 0.494 e. The van der Waals surface area contributed by atoms with Crippen LogP contribution < -0.4 is 9.64 Å². The molecule has 0 aliphatic carbocycles. The SMILES string of the molecule is COc1ccc(/C=C/C(=O)N2CC[NH+](Cc3ccncc3)CC2)cc1F. The molecule has 1 saturated heterocycles. The molecule has 1 aromatic carbocycles. The molecule has 2 aromatic rings. The first-order valence-electron chi connectivity index (χ1n) is 8.68. The van der Waals surface area contributed by atoms with E-state index in [2.05, 4.69) is 4.98 Å². The van der Waals surface area contributed by atoms with Crippen LogP contribution in [-0.4, -0.2) is 49.1 Å². The van der Waals surface area contributed by atoms with Gasteiger partial charge >= 0.3 is 0 Å². The monoisotopic (exact) mass is 356 g/mol. The number of nitrogens with one attached hydrogen (secondary N) is 1. The normalized spacial score (nSPS) is 15.4. The molecule has 3 rings (SSSR count). The van der Waals surface area contributed by atoms with E-state index in [1.807, 2.05) is 17.0 Å². The van der Waals surface area contributed by atoms with Crippen molar-refractivity contribution in [1.29, 1.82) is 0 Å². The molecule has 6 heteroatoms. The van der Waals surface area contributed by atoms with Gasteiger partial charge in [-0.05, 0) is 35.9 Å². The fraction of sp³-hybridized carbons (Fsp3) is 0.300. The third kappa shape index (κ3) is 4.67. The van der Waals surface area contributed by atoms with Gasteiger partial charge in [-0.1, -0.05) is 6.07 Å². The Morgan fingerprint density at radius 1 is 1.27 bits per heavy atom. The van der Waals surface area contributed by atoms with Gasteiger partial charge in [-0.15, -0.1) is 0 Å². The highest BCUT2D eigenvalue weighted by Gasteiger charge is 2.22. The Hall–Kier alpha value is -2.73. The second-order valence-electron chi connectivity index (χ2n) is 6.33. The minimum absolute atomic E-state index is 0.0378. The first-order chi connectivity index (χ1) is 12.7. The van der Waals surface area contributed by atoms with Crippen LogP contribution in [0.25, 0.3) is 6.08 Å². The van der Waals surface area contributed by atoms with E-state index in [0.29, 0.717) is 5.56 Å². The number of aromatic nitrogens is 1. The smallest absolute Gasteiger partial charge is 0.246 e. The van der Waals surface area contributed by atoms with Crippen molar-refractivity contribution in [1.82, 2.24) is 9.88 Å². The quantitative estimate of drug-likeness (QED) is 0.818. The molecule has 0 atom stereocenters. The number of pyridine rings is 1. The van der Waals surface area contributed by atoms with Gasteiger partial charge in [-0.3, -0.25) is 9.78 Å². The van der Waals surface area contributed by atoms with Crippen molar-refractivity contribution in [3.05, 3.63) is 65.7 Å². The lowest BCUT2D eigenvalue weighted by Crippen LogP contribution is -3.13. The van der Waals surface area contributed by atoms with Crippen LogP contribution in [-0.2, 0) is 11.3 Å². The average Bonchev–Trinajstić information content (AvgIpc) is 2.67. The number of halogens is 1. The summed E-state index contributed by atoms with van der Waals surface area (Å²) in [6, 6.07) is 8.70. The third-order valence-corrected chi connectivity index (χ3v) is 4.58. The fourth-order valence-electron chi connectivity index (χ4n) is 3.07. The van der Waals surface area contributed by atoms with Crippen molar-refractivity contribution >= 4 is 12.0 Å². The van der Waals surface area contributed by atoms with E-state index in [1.54, 1.807) is 30.6 Å². The van der Waals surface area contributed by atoms with Gasteiger partial charge in [0, 0.05) is 24.0 Å². The summed E-state index contributed by atoms with van der Waals surface area (Å²) >= 11 is 0. The number of ether oxygens (including phenoxy) is 1. The Labute approximate surface area is 152 Å². The molecule has 0 unspecified atom stereocenters. The van der Waals surface area contributed by atoms with Crippen LogP contribution in [0.2, 0.25) is 0 Å². The Bertz CT molecular complexity index is 772. The van der Waals surface area contributed by atoms with Crippen LogP contribution in [0.15, 0.2) is 48.8 Å². The van der Waals surface area contributed by atoms with Crippen LogP contribution >= 0.6 is 0 Å². The summed E-state index contributed by atoms with van der Waals surface area (Å²) < 4.78 is 18.6. The van der Waals surface area contributed by atoms with E-state index in [9.17, 15) is 9.18 Å². The molecule has 1 aliphatic rings. The summed E-state index contributed by atoms with van der Waals surface area (Å²) in [4.78, 5) is 19.7. The molecular weight excluding hydrogens is 333 g/mol. The summed E-state index contributed by atoms with van der Waals surface area (Å²) in [5.74, 6) is -0.276. The van der Waals surface area contributed by atoms with Crippen molar-refractivity contribution in [2.24, 2.45) is 0 Å². The highest BCUT2D eigenvalue weighted by atomic mass is 19.1. The Kier molecular flexibility index (Phi) is 5.96. The van der Waals surface area contributed by atoms with E-state index in [1.165, 1.54) is 29.7 Å². The van der Waals surface area contributed by atoms with Crippen molar-refractivity contribution < 1.29 is 18.8 Å². The minimum atomic E-state index is -0.435. The zero-order valence-electron chi connectivity index (χ0n) is 14.8. The molecular formula is C20H23FN3O2+. The van der Waals surface area contributed by atoms with E-state index < -0.39 is 5.82 Å². The molecule has 0 spiro atoms. The second-order valence-corrected chi connectivity index (χ2v) is 6.33. The van der Waals surface area contributed by atoms with Crippen molar-refractivity contribution in [3.8, 4) is 5.75 Å². The summed E-state index contributed by atoms with van der Waals surface area (Å²) in [5.41, 5.74) is 1.90. The van der Waals surface area contributed by atoms with Crippen molar-refractivity contribution in [3.63, 3.8) is 0 Å². The molecule has 136 valence electrons. The second kappa shape index (κ2) is 8.58. The summed E-state index contributed by atoms with van der Waals surface area (Å²) in [6.45, 7) is 4.23. The van der Waals surface area contributed by atoms with Gasteiger partial charge in [0.2, 0.25) is 5.91 Å². The number of hydrogen-bond acceptors (Lipinski definition) is 3. The lowest BCUT2D eigenvalue weighted by atomic mass is 10.2. The van der Waals surface area contributed by atoms with Crippen LogP contribution in [0, 0.1) is 5.82 Å². The number of nitrogens with zero attached hydrogens (tertiary/aromatic N) is 2. The van der Waals surface area contributed by atoms with E-state index in [-0.39, 0.29) is 11.7 Å². The Balaban J connectivity index is 1.51. The first-order valence-corrected chi connectivity index (χ1v) is 8.68. The van der Waals surface area contributed by atoms with Gasteiger partial charge in [0.15, 0.2) is 11.6 Å². The van der Waals surface area contributed by atoms with Crippen molar-refractivity contribution in [2.75, 3.05) is 33.3 Å². The van der Waals surface area contributed by atoms with Crippen molar-refractivity contribution in [2.45, 2.75) is 6.54 Å². The number of quaternary nitrogens is 1. The fourth-order valence-corrected chi connectivity index (χ4v) is 3.07. The highest BCUT2D eigenvalue weighted by Crippen LogP contribution is 2.18. The molecule has 1 aromatic heterocycles. The molecule has 1 aliphatic heterocycles. The van der Waals surface area contributed by atoms with Gasteiger partial charge < -0.3 is 14.5 Å². The molecule has 1 fully saturated rings. The minimum Gasteiger partial charge on any atom is -0.494 e. The highest BCUT2D eigenvalue weighted by molar-refractivity contribution is 5.91. The lowest BCUT2D eigenvalue weighted by Gasteiger charge is -2.31. The van der Waals surface area contributed by atoms with E-state index in [4.69, 9.17) is 4.74 Å². The zero-order chi connectivity index (χ0) is 18.4. The predicted octanol–water partition coefficient (Wildman–Crippen LogP) is 1.17. The summed E-state index contributed by atoms with van der Waals surface area (Å²) in [7, 11) is 1.42. The van der Waals surface area contributed by atoms with Crippen LogP contribution in [0.4, 0.5) is 4.39 Å². The maximum Gasteiger partial charge on any atom is 0.246 e. The zero-order valence-corrected chi connectivity index (χ0v) is 14.8. The average molecular weight is 356 g/mol. The number of carbonyl (C=O) groups excluding carboxylic acids is 1. The number of rotatable bonds is 5. The van der Waals surface area contributed by atoms with Crippen LogP contribution in [0.5, 0.6) is 5.75 Å². The Morgan fingerprint density at radius 3 is 2.65 bits per heavy atom. The molecule has 0 bridgehead atoms. The standard InChI is InChI=1S/C20H22FN3O2/c1-26-19-4-2-16(14-18(19)21)3-5-20(25)24-12-10-23(11-13-24)15-17-6-8-22-9-7-17/h2-9,14H,10-13,15H2,1H3/p+1/b5-3+. The number of amides is 1. The Morgan fingerprint density at radius 2 is 2.00 bits per heavy atom. The third-order valence-electron chi connectivity index (χ3n) is 4.58. The number of methoxy groups -OCH3 is 1. The molecule has 0 saturated carbocycles. The molecule has 5 nitrogen and oxygen atoms in total. The number of hydrogen-bond donors (Lipinski definition) is 1. The molecule has 1 N–H and O–H groups in total. The summed E-state index contributed by atoms with van der Waals surface area (Å²) in [5, 5.41) is 0. The lowest BCUT2D eigenvalue weighted by molar-refractivity contribution is -0.917. The van der Waals surface area contributed by atoms with Gasteiger partial charge in [-0.2, -0.15) is 0 Å². The molecule has 1 amide bonds. The van der Waals surface area contributed by atoms with Gasteiger partial charge in [0.05, 0.1) is 33.3 Å². The van der Waals surface area contributed by atoms with Gasteiger partial charge in [0.25, 0.3) is 0 Å². The summed E-state index contributed by atoms with van der Waals surface area (Å²) in [6.07, 6.45) is 6.76. The van der Waals surface area contributed by atoms with Crippen LogP contribution in [0.1, 0.15) is 11.1 Å². The maximum atomic E-state index is 13.7. The van der Waals surface area contributed by atoms with Crippen LogP contribution in [0.3, 0.4) is 0 Å². The first kappa shape index (κ1) is 18.1. The number of carbonyl (C=O) groups is 1. The van der Waals surface area contributed by atoms with Gasteiger partial charge in [-0.25, -0.2) is 4.39 Å². The molecule has 26 heavy (non-hydrogen) atoms.